The van der Waals surface area contributed by atoms with Gasteiger partial charge in [0, 0.05) is 10.6 Å². The highest BCUT2D eigenvalue weighted by atomic mass is 32.2. The molecule has 174 valence electrons. The van der Waals surface area contributed by atoms with E-state index in [1.54, 1.807) is 0 Å². The van der Waals surface area contributed by atoms with Crippen molar-refractivity contribution in [2.75, 3.05) is 12.3 Å². The van der Waals surface area contributed by atoms with Crippen LogP contribution in [0.5, 0.6) is 5.75 Å². The van der Waals surface area contributed by atoms with E-state index < -0.39 is 5.91 Å². The molecule has 12 heteroatoms. The van der Waals surface area contributed by atoms with Crippen LogP contribution < -0.4 is 15.9 Å². The number of thioether (sulfide) groups is 1. The van der Waals surface area contributed by atoms with Crippen LogP contribution in [-0.4, -0.2) is 44.0 Å². The second-order valence-electron chi connectivity index (χ2n) is 7.07. The van der Waals surface area contributed by atoms with Crippen LogP contribution in [-0.2, 0) is 5.75 Å². The molecule has 0 aliphatic carbocycles. The topological polar surface area (TPSA) is 146 Å². The Morgan fingerprint density at radius 1 is 1.21 bits per heavy atom. The average molecular weight is 479 g/mol. The molecule has 0 unspecified atom stereocenters. The molecule has 34 heavy (non-hydrogen) atoms. The fourth-order valence-electron chi connectivity index (χ4n) is 2.94. The Bertz CT molecular complexity index is 1280. The summed E-state index contributed by atoms with van der Waals surface area (Å²) in [5, 5.41) is 19.5. The molecule has 0 aliphatic heterocycles. The van der Waals surface area contributed by atoms with E-state index in [-0.39, 0.29) is 17.3 Å². The fraction of sp³-hybridized carbons (Fsp3) is 0.182. The van der Waals surface area contributed by atoms with Gasteiger partial charge in [-0.15, -0.1) is 16.9 Å². The van der Waals surface area contributed by atoms with Crippen LogP contribution in [0, 0.1) is 6.92 Å². The van der Waals surface area contributed by atoms with Gasteiger partial charge in [0.15, 0.2) is 5.69 Å². The van der Waals surface area contributed by atoms with Crippen LogP contribution >= 0.6 is 11.8 Å². The number of nitrogens with two attached hydrogens (primary N) is 1. The number of nitrogens with one attached hydrogen (secondary N) is 1. The van der Waals surface area contributed by atoms with Crippen molar-refractivity contribution in [1.29, 1.82) is 0 Å². The molecule has 4 rings (SSSR count). The first-order valence-corrected chi connectivity index (χ1v) is 11.3. The molecular formula is C22H22N8O3S. The first-order valence-electron chi connectivity index (χ1n) is 10.3. The lowest BCUT2D eigenvalue weighted by Crippen LogP contribution is -2.20. The highest BCUT2D eigenvalue weighted by Crippen LogP contribution is 2.26. The van der Waals surface area contributed by atoms with Crippen molar-refractivity contribution in [3.63, 3.8) is 0 Å². The monoisotopic (exact) mass is 478 g/mol. The van der Waals surface area contributed by atoms with E-state index >= 15 is 0 Å². The molecule has 1 amide bonds. The number of ether oxygens (including phenoxy) is 1. The van der Waals surface area contributed by atoms with Crippen LogP contribution in [0.2, 0.25) is 0 Å². The Balaban J connectivity index is 1.52. The maximum atomic E-state index is 12.9. The number of amides is 1. The number of carbonyl (C=O) groups excluding carboxylic acids is 1. The van der Waals surface area contributed by atoms with E-state index in [1.165, 1.54) is 22.7 Å². The standard InChI is InChI=1S/C22H22N8O3S/c1-3-32-16-8-6-15(7-9-16)12-24-26-22(31)19-18(13-34-17-10-4-14(2)5-11-17)30(29-25-19)21-20(23)27-33-28-21/h4-12H,3,13H2,1-2H3,(H2,23,27)(H,26,31). The van der Waals surface area contributed by atoms with Crippen molar-refractivity contribution in [3.8, 4) is 11.6 Å². The number of anilines is 1. The largest absolute Gasteiger partial charge is 0.494 e. The molecule has 0 radical (unpaired) electrons. The zero-order chi connectivity index (χ0) is 23.9. The Kier molecular flexibility index (Phi) is 7.18. The number of hydrogen-bond donors (Lipinski definition) is 2. The van der Waals surface area contributed by atoms with E-state index in [1.807, 2.05) is 62.4 Å². The molecule has 11 nitrogen and oxygen atoms in total. The minimum atomic E-state index is -0.525. The summed E-state index contributed by atoms with van der Waals surface area (Å²) in [5.41, 5.74) is 10.8. The van der Waals surface area contributed by atoms with E-state index in [4.69, 9.17) is 10.5 Å². The average Bonchev–Trinajstić information content (AvgIpc) is 3.45. The summed E-state index contributed by atoms with van der Waals surface area (Å²) >= 11 is 1.51. The second-order valence-corrected chi connectivity index (χ2v) is 8.12. The van der Waals surface area contributed by atoms with Crippen LogP contribution in [0.15, 0.2) is 63.2 Å². The number of aryl methyl sites for hydroxylation is 1. The van der Waals surface area contributed by atoms with Crippen LogP contribution in [0.4, 0.5) is 5.82 Å². The van der Waals surface area contributed by atoms with Crippen molar-refractivity contribution >= 4 is 29.7 Å². The normalized spacial score (nSPS) is 11.1. The van der Waals surface area contributed by atoms with Gasteiger partial charge >= 0.3 is 0 Å². The van der Waals surface area contributed by atoms with Gasteiger partial charge in [-0.2, -0.15) is 9.78 Å². The Hall–Kier alpha value is -4.19. The summed E-state index contributed by atoms with van der Waals surface area (Å²) in [5.74, 6) is 0.796. The highest BCUT2D eigenvalue weighted by Gasteiger charge is 2.24. The van der Waals surface area contributed by atoms with Crippen molar-refractivity contribution in [3.05, 3.63) is 71.0 Å². The number of carbonyl (C=O) groups is 1. The van der Waals surface area contributed by atoms with Gasteiger partial charge in [0.05, 0.1) is 18.5 Å². The molecule has 0 aliphatic rings. The number of hydrazone groups is 1. The summed E-state index contributed by atoms with van der Waals surface area (Å²) in [6.45, 7) is 4.52. The van der Waals surface area contributed by atoms with Gasteiger partial charge in [-0.1, -0.05) is 22.9 Å². The van der Waals surface area contributed by atoms with Gasteiger partial charge in [-0.3, -0.25) is 4.79 Å². The van der Waals surface area contributed by atoms with Gasteiger partial charge in [0.25, 0.3) is 5.91 Å². The number of benzene rings is 2. The predicted octanol–water partition coefficient (Wildman–Crippen LogP) is 3.00. The molecular weight excluding hydrogens is 456 g/mol. The van der Waals surface area contributed by atoms with Gasteiger partial charge < -0.3 is 10.5 Å². The maximum Gasteiger partial charge on any atom is 0.293 e. The van der Waals surface area contributed by atoms with E-state index in [2.05, 4.69) is 35.8 Å². The van der Waals surface area contributed by atoms with Gasteiger partial charge in [0.1, 0.15) is 5.75 Å². The van der Waals surface area contributed by atoms with Crippen LogP contribution in [0.3, 0.4) is 0 Å². The van der Waals surface area contributed by atoms with Crippen molar-refractivity contribution in [1.82, 2.24) is 30.7 Å². The fourth-order valence-corrected chi connectivity index (χ4v) is 3.83. The van der Waals surface area contributed by atoms with Crippen LogP contribution in [0.25, 0.3) is 5.82 Å². The van der Waals surface area contributed by atoms with Crippen molar-refractivity contribution in [2.45, 2.75) is 24.5 Å². The van der Waals surface area contributed by atoms with E-state index in [0.29, 0.717) is 18.1 Å². The summed E-state index contributed by atoms with van der Waals surface area (Å²) < 4.78 is 11.4. The Morgan fingerprint density at radius 2 is 1.97 bits per heavy atom. The number of aromatic nitrogens is 5. The lowest BCUT2D eigenvalue weighted by atomic mass is 10.2. The van der Waals surface area contributed by atoms with Crippen molar-refractivity contribution < 1.29 is 14.2 Å². The number of nitrogens with zero attached hydrogens (tertiary/aromatic N) is 6. The van der Waals surface area contributed by atoms with Gasteiger partial charge in [-0.05, 0) is 66.1 Å². The molecule has 2 aromatic carbocycles. The summed E-state index contributed by atoms with van der Waals surface area (Å²) in [6, 6.07) is 15.4. The summed E-state index contributed by atoms with van der Waals surface area (Å²) in [6.07, 6.45) is 1.53. The third-order valence-corrected chi connectivity index (χ3v) is 5.67. The van der Waals surface area contributed by atoms with Gasteiger partial charge in [-0.25, -0.2) is 10.1 Å². The molecule has 3 N–H and O–H groups in total. The predicted molar refractivity (Wildman–Crippen MR) is 127 cm³/mol. The lowest BCUT2D eigenvalue weighted by molar-refractivity contribution is 0.0949. The number of rotatable bonds is 9. The first-order chi connectivity index (χ1) is 16.5. The Morgan fingerprint density at radius 3 is 2.65 bits per heavy atom. The zero-order valence-electron chi connectivity index (χ0n) is 18.5. The third-order valence-electron chi connectivity index (χ3n) is 4.64. The molecule has 0 fully saturated rings. The third kappa shape index (κ3) is 5.41. The maximum absolute atomic E-state index is 12.9. The van der Waals surface area contributed by atoms with Gasteiger partial charge in [0.2, 0.25) is 11.6 Å². The molecule has 4 aromatic rings. The zero-order valence-corrected chi connectivity index (χ0v) is 19.3. The molecule has 0 bridgehead atoms. The SMILES string of the molecule is CCOc1ccc(C=NNC(=O)c2nnn(-c3nonc3N)c2CSc2ccc(C)cc2)cc1. The quantitative estimate of drug-likeness (QED) is 0.210. The molecule has 0 atom stereocenters. The number of nitrogen functional groups attached to an aromatic ring is 1. The summed E-state index contributed by atoms with van der Waals surface area (Å²) in [4.78, 5) is 13.9. The minimum Gasteiger partial charge on any atom is -0.494 e. The second kappa shape index (κ2) is 10.6. The van der Waals surface area contributed by atoms with Crippen LogP contribution in [0.1, 0.15) is 34.2 Å². The first kappa shape index (κ1) is 23.0. The van der Waals surface area contributed by atoms with Crippen molar-refractivity contribution in [2.24, 2.45) is 5.10 Å². The summed E-state index contributed by atoms with van der Waals surface area (Å²) in [7, 11) is 0. The minimum absolute atomic E-state index is 0.0342. The highest BCUT2D eigenvalue weighted by molar-refractivity contribution is 7.98. The molecule has 0 saturated carbocycles. The smallest absolute Gasteiger partial charge is 0.293 e. The number of hydrogen-bond acceptors (Lipinski definition) is 10. The van der Waals surface area contributed by atoms with E-state index in [0.717, 1.165) is 21.8 Å². The molecule has 2 heterocycles. The lowest BCUT2D eigenvalue weighted by Gasteiger charge is -2.06. The molecule has 0 saturated heterocycles. The molecule has 0 spiro atoms. The Labute approximate surface area is 199 Å². The molecule has 2 aromatic heterocycles. The van der Waals surface area contributed by atoms with E-state index in [9.17, 15) is 4.79 Å².